The summed E-state index contributed by atoms with van der Waals surface area (Å²) in [5, 5.41) is 12.0. The summed E-state index contributed by atoms with van der Waals surface area (Å²) in [6, 6.07) is 52.3. The van der Waals surface area contributed by atoms with E-state index >= 15 is 0 Å². The van der Waals surface area contributed by atoms with Crippen molar-refractivity contribution >= 4 is 76.2 Å². The van der Waals surface area contributed by atoms with Crippen LogP contribution < -0.4 is 0 Å². The topological polar surface area (TPSA) is 0 Å². The molecule has 0 radical (unpaired) electrons. The largest absolute Gasteiger partial charge is 0.139 e. The van der Waals surface area contributed by atoms with Crippen LogP contribution in [0.3, 0.4) is 0 Å². The minimum absolute atomic E-state index is 0.0694. The second-order valence-electron chi connectivity index (χ2n) is 16.5. The number of rotatable bonds is 3. The van der Waals surface area contributed by atoms with E-state index in [-0.39, 0.29) is 11.3 Å². The molecule has 56 heavy (non-hydrogen) atoms. The van der Waals surface area contributed by atoms with Gasteiger partial charge in [0.1, 0.15) is 0 Å². The average molecular weight is 733 g/mol. The van der Waals surface area contributed by atoms with Crippen molar-refractivity contribution in [2.45, 2.75) is 44.4 Å². The second-order valence-corrected chi connectivity index (χ2v) is 17.6. The van der Waals surface area contributed by atoms with Gasteiger partial charge in [-0.1, -0.05) is 178 Å². The number of aryl methyl sites for hydroxylation is 1. The third-order valence-electron chi connectivity index (χ3n) is 13.2. The lowest BCUT2D eigenvalue weighted by atomic mass is 9.76. The van der Waals surface area contributed by atoms with E-state index in [2.05, 4.69) is 178 Å². The number of allylic oxidation sites excluding steroid dienone is 5. The van der Waals surface area contributed by atoms with Gasteiger partial charge < -0.3 is 0 Å². The maximum absolute atomic E-state index is 2.63. The average Bonchev–Trinajstić information content (AvgIpc) is 3.75. The Labute approximate surface area is 331 Å². The summed E-state index contributed by atoms with van der Waals surface area (Å²) in [5.74, 6) is 0.286. The van der Waals surface area contributed by atoms with Gasteiger partial charge in [0.15, 0.2) is 0 Å². The molecular formula is C55H40S. The van der Waals surface area contributed by atoms with Crippen molar-refractivity contribution in [3.8, 4) is 22.3 Å². The first kappa shape index (κ1) is 32.2. The fourth-order valence-corrected chi connectivity index (χ4v) is 12.1. The number of hydrogen-bond donors (Lipinski definition) is 0. The zero-order valence-electron chi connectivity index (χ0n) is 31.7. The van der Waals surface area contributed by atoms with Crippen LogP contribution in [0.15, 0.2) is 163 Å². The molecule has 1 atom stereocenters. The molecule has 1 aromatic heterocycles. The quantitative estimate of drug-likeness (QED) is 0.159. The Morgan fingerprint density at radius 3 is 1.98 bits per heavy atom. The molecule has 3 aliphatic carbocycles. The standard InChI is InChI=1S/C55H40S/c1-55(2)47-30-29-35(32-46(47)51-43-24-9-10-25-44(43)54-52(53(51)55)45-26-11-12-28-48(45)56-54)34-17-13-18-36(31-34)49-39-20-5-7-22-41(39)50(42-23-8-6-21-40(42)49)38-27-14-16-33-15-3-4-19-37(33)38/h3-11,13-27,30-32,35H,12,28-29H2,1-2H3. The SMILES string of the molecule is CC1(C)C2=CCC(c3cccc(-c4c5ccccc5c(-c5cccc6ccccc56)c5ccccc45)c3)C=C2c2c1c1c3c(sc1c1ccccc21)CCC=C3. The van der Waals surface area contributed by atoms with Crippen LogP contribution in [0.1, 0.15) is 59.7 Å². The molecule has 3 aliphatic rings. The van der Waals surface area contributed by atoms with E-state index in [1.165, 1.54) is 109 Å². The van der Waals surface area contributed by atoms with Gasteiger partial charge in [0, 0.05) is 31.7 Å². The maximum Gasteiger partial charge on any atom is 0.0433 e. The zero-order chi connectivity index (χ0) is 37.1. The molecule has 8 aromatic carbocycles. The van der Waals surface area contributed by atoms with E-state index in [1.54, 1.807) is 4.88 Å². The molecular weight excluding hydrogens is 693 g/mol. The molecule has 0 saturated carbocycles. The van der Waals surface area contributed by atoms with Crippen molar-refractivity contribution in [1.29, 1.82) is 0 Å². The summed E-state index contributed by atoms with van der Waals surface area (Å²) in [7, 11) is 0. The lowest BCUT2D eigenvalue weighted by Gasteiger charge is -2.27. The lowest BCUT2D eigenvalue weighted by Crippen LogP contribution is -2.17. The maximum atomic E-state index is 2.63. The molecule has 0 fully saturated rings. The van der Waals surface area contributed by atoms with Crippen molar-refractivity contribution < 1.29 is 0 Å². The Balaban J connectivity index is 1.05. The Morgan fingerprint density at radius 1 is 0.607 bits per heavy atom. The monoisotopic (exact) mass is 732 g/mol. The molecule has 0 amide bonds. The van der Waals surface area contributed by atoms with Gasteiger partial charge in [0.2, 0.25) is 0 Å². The van der Waals surface area contributed by atoms with E-state index in [4.69, 9.17) is 0 Å². The molecule has 0 aliphatic heterocycles. The molecule has 266 valence electrons. The highest BCUT2D eigenvalue weighted by Crippen LogP contribution is 2.59. The van der Waals surface area contributed by atoms with Crippen LogP contribution in [0.2, 0.25) is 0 Å². The van der Waals surface area contributed by atoms with Crippen LogP contribution >= 0.6 is 11.3 Å². The normalized spacial score (nSPS) is 17.0. The zero-order valence-corrected chi connectivity index (χ0v) is 32.5. The van der Waals surface area contributed by atoms with Crippen LogP contribution in [0.25, 0.3) is 87.1 Å². The smallest absolute Gasteiger partial charge is 0.0433 e. The first-order valence-electron chi connectivity index (χ1n) is 20.2. The van der Waals surface area contributed by atoms with Crippen LogP contribution in [0.5, 0.6) is 0 Å². The van der Waals surface area contributed by atoms with Crippen molar-refractivity contribution in [2.24, 2.45) is 0 Å². The molecule has 0 nitrogen and oxygen atoms in total. The fourth-order valence-electron chi connectivity index (χ4n) is 10.8. The Bertz CT molecular complexity index is 3190. The van der Waals surface area contributed by atoms with E-state index < -0.39 is 0 Å². The summed E-state index contributed by atoms with van der Waals surface area (Å²) in [6.07, 6.45) is 13.3. The fraction of sp³-hybridized carbons (Fsp3) is 0.127. The molecule has 1 unspecified atom stereocenters. The summed E-state index contributed by atoms with van der Waals surface area (Å²) in [5.41, 5.74) is 13.9. The van der Waals surface area contributed by atoms with Crippen molar-refractivity contribution in [3.63, 3.8) is 0 Å². The molecule has 0 bridgehead atoms. The molecule has 1 heterocycles. The number of hydrogen-bond acceptors (Lipinski definition) is 1. The summed E-state index contributed by atoms with van der Waals surface area (Å²) >= 11 is 2.04. The summed E-state index contributed by atoms with van der Waals surface area (Å²) in [4.78, 5) is 1.55. The van der Waals surface area contributed by atoms with Gasteiger partial charge in [-0.15, -0.1) is 11.3 Å². The number of fused-ring (bicyclic) bond motifs is 13. The summed E-state index contributed by atoms with van der Waals surface area (Å²) in [6.45, 7) is 4.95. The Morgan fingerprint density at radius 2 is 1.23 bits per heavy atom. The first-order valence-corrected chi connectivity index (χ1v) is 21.0. The van der Waals surface area contributed by atoms with Gasteiger partial charge >= 0.3 is 0 Å². The van der Waals surface area contributed by atoms with Gasteiger partial charge in [0.05, 0.1) is 0 Å². The summed E-state index contributed by atoms with van der Waals surface area (Å²) < 4.78 is 1.47. The molecule has 0 N–H and O–H groups in total. The van der Waals surface area contributed by atoms with E-state index in [0.717, 1.165) is 19.3 Å². The van der Waals surface area contributed by atoms with Crippen molar-refractivity contribution in [1.82, 2.24) is 0 Å². The van der Waals surface area contributed by atoms with Crippen LogP contribution in [-0.2, 0) is 11.8 Å². The highest BCUT2D eigenvalue weighted by Gasteiger charge is 2.43. The van der Waals surface area contributed by atoms with Gasteiger partial charge in [0.25, 0.3) is 0 Å². The molecule has 0 saturated heterocycles. The van der Waals surface area contributed by atoms with E-state index in [9.17, 15) is 0 Å². The van der Waals surface area contributed by atoms with Gasteiger partial charge in [-0.25, -0.2) is 0 Å². The lowest BCUT2D eigenvalue weighted by molar-refractivity contribution is 0.656. The second kappa shape index (κ2) is 12.0. The number of benzene rings is 8. The highest BCUT2D eigenvalue weighted by atomic mass is 32.1. The van der Waals surface area contributed by atoms with Gasteiger partial charge in [-0.2, -0.15) is 0 Å². The van der Waals surface area contributed by atoms with Crippen LogP contribution in [0, 0.1) is 0 Å². The predicted octanol–water partition coefficient (Wildman–Crippen LogP) is 15.6. The van der Waals surface area contributed by atoms with E-state index in [1.807, 2.05) is 11.3 Å². The minimum atomic E-state index is -0.0694. The molecule has 0 spiro atoms. The van der Waals surface area contributed by atoms with Crippen molar-refractivity contribution in [2.75, 3.05) is 0 Å². The van der Waals surface area contributed by atoms with Crippen LogP contribution in [0.4, 0.5) is 0 Å². The van der Waals surface area contributed by atoms with Gasteiger partial charge in [-0.05, 0) is 113 Å². The van der Waals surface area contributed by atoms with E-state index in [0.29, 0.717) is 0 Å². The molecule has 9 aromatic rings. The van der Waals surface area contributed by atoms with Gasteiger partial charge in [-0.3, -0.25) is 0 Å². The minimum Gasteiger partial charge on any atom is -0.139 e. The molecule has 12 rings (SSSR count). The number of thiophene rings is 1. The Hall–Kier alpha value is -6.02. The van der Waals surface area contributed by atoms with Crippen molar-refractivity contribution in [3.05, 3.63) is 190 Å². The third kappa shape index (κ3) is 4.47. The predicted molar refractivity (Wildman–Crippen MR) is 243 cm³/mol. The third-order valence-corrected chi connectivity index (χ3v) is 14.5. The van der Waals surface area contributed by atoms with Crippen LogP contribution in [-0.4, -0.2) is 0 Å². The molecule has 1 heteroatoms. The first-order chi connectivity index (χ1) is 27.6. The Kier molecular flexibility index (Phi) is 6.90. The highest BCUT2D eigenvalue weighted by molar-refractivity contribution is 7.20.